The molecule has 2 amide bonds. The van der Waals surface area contributed by atoms with Gasteiger partial charge in [-0.05, 0) is 31.7 Å². The first-order valence-corrected chi connectivity index (χ1v) is 15.5. The summed E-state index contributed by atoms with van der Waals surface area (Å²) in [7, 11) is 1.24. The van der Waals surface area contributed by atoms with Crippen molar-refractivity contribution in [2.75, 3.05) is 20.3 Å². The van der Waals surface area contributed by atoms with Gasteiger partial charge < -0.3 is 43.8 Å². The van der Waals surface area contributed by atoms with E-state index in [1.807, 2.05) is 18.2 Å². The van der Waals surface area contributed by atoms with Gasteiger partial charge in [-0.15, -0.1) is 0 Å². The molecule has 1 aromatic carbocycles. The van der Waals surface area contributed by atoms with Gasteiger partial charge in [0.05, 0.1) is 13.2 Å². The zero-order valence-electron chi connectivity index (χ0n) is 27.5. The summed E-state index contributed by atoms with van der Waals surface area (Å²) in [5.41, 5.74) is 0.785. The maximum absolute atomic E-state index is 12.8. The molecule has 15 nitrogen and oxygen atoms in total. The average Bonchev–Trinajstić information content (AvgIpc) is 3.02. The summed E-state index contributed by atoms with van der Waals surface area (Å²) in [6.45, 7) is 5.78. The Bertz CT molecular complexity index is 1180. The fraction of sp³-hybridized carbons (Fsp3) is 0.625. The number of nitrogens with one attached hydrogen (secondary N) is 2. The number of amides is 2. The zero-order chi connectivity index (χ0) is 34.8. The predicted molar refractivity (Wildman–Crippen MR) is 163 cm³/mol. The molecule has 1 fully saturated rings. The standard InChI is InChI=1S/C32H46N2O13/c1-20-27(45-21(2)35)28(46-22(3)36)29(47-23(4)37)31(44-20)42-18-12-7-6-11-17-33-30(39)25(15-16-26(38)41-5)34-32(40)43-19-24-13-9-8-10-14-24/h8-10,13-14,20,25,27-29,31H,6-7,11-12,15-19H2,1-5H3,(H,33,39)(H,34,40)/t20-,25-,27+,28+,29-,31-/m0/s1. The number of methoxy groups -OCH3 is 1. The van der Waals surface area contributed by atoms with E-state index in [9.17, 15) is 28.8 Å². The van der Waals surface area contributed by atoms with E-state index in [0.717, 1.165) is 18.4 Å². The molecule has 262 valence electrons. The average molecular weight is 667 g/mol. The van der Waals surface area contributed by atoms with Crippen molar-refractivity contribution in [3.8, 4) is 0 Å². The minimum atomic E-state index is -1.16. The zero-order valence-corrected chi connectivity index (χ0v) is 27.5. The Kier molecular flexibility index (Phi) is 17.2. The summed E-state index contributed by atoms with van der Waals surface area (Å²) in [4.78, 5) is 72.0. The third kappa shape index (κ3) is 14.8. The molecule has 2 N–H and O–H groups in total. The van der Waals surface area contributed by atoms with Crippen LogP contribution in [0.25, 0.3) is 0 Å². The summed E-state index contributed by atoms with van der Waals surface area (Å²) in [6, 6.07) is 8.07. The molecule has 1 aliphatic heterocycles. The van der Waals surface area contributed by atoms with Crippen LogP contribution in [0.3, 0.4) is 0 Å². The maximum Gasteiger partial charge on any atom is 0.408 e. The Morgan fingerprint density at radius 1 is 0.830 bits per heavy atom. The lowest BCUT2D eigenvalue weighted by Gasteiger charge is -2.43. The van der Waals surface area contributed by atoms with Gasteiger partial charge in [-0.2, -0.15) is 0 Å². The molecule has 1 aromatic rings. The number of rotatable bonds is 18. The summed E-state index contributed by atoms with van der Waals surface area (Å²) in [6.07, 6.45) is -3.25. The van der Waals surface area contributed by atoms with Crippen molar-refractivity contribution < 1.29 is 61.9 Å². The van der Waals surface area contributed by atoms with E-state index < -0.39 is 72.6 Å². The van der Waals surface area contributed by atoms with Crippen molar-refractivity contribution in [3.63, 3.8) is 0 Å². The highest BCUT2D eigenvalue weighted by Crippen LogP contribution is 2.29. The molecule has 0 saturated carbocycles. The Labute approximate surface area is 274 Å². The van der Waals surface area contributed by atoms with E-state index in [2.05, 4.69) is 15.4 Å². The van der Waals surface area contributed by atoms with Crippen LogP contribution in [0.4, 0.5) is 4.79 Å². The Morgan fingerprint density at radius 3 is 2.09 bits per heavy atom. The molecule has 1 saturated heterocycles. The SMILES string of the molecule is COC(=O)CC[C@H](NC(=O)OCc1ccccc1)C(=O)NCCCCCCO[C@H]1O[C@@H](C)[C@@H](OC(C)=O)[C@@H](OC(C)=O)[C@@H]1OC(C)=O. The van der Waals surface area contributed by atoms with Crippen LogP contribution >= 0.6 is 0 Å². The molecule has 6 atom stereocenters. The van der Waals surface area contributed by atoms with E-state index >= 15 is 0 Å². The molecule has 1 aliphatic rings. The van der Waals surface area contributed by atoms with Crippen molar-refractivity contribution in [2.24, 2.45) is 0 Å². The van der Waals surface area contributed by atoms with Crippen molar-refractivity contribution in [2.45, 2.75) is 110 Å². The lowest BCUT2D eigenvalue weighted by molar-refractivity contribution is -0.300. The van der Waals surface area contributed by atoms with Gasteiger partial charge in [0, 0.05) is 40.3 Å². The topological polar surface area (TPSA) is 191 Å². The number of carbonyl (C=O) groups is 6. The smallest absolute Gasteiger partial charge is 0.408 e. The number of alkyl carbamates (subject to hydrolysis) is 1. The number of unbranched alkanes of at least 4 members (excludes halogenated alkanes) is 3. The van der Waals surface area contributed by atoms with Crippen LogP contribution in [-0.4, -0.2) is 92.9 Å². The molecule has 0 radical (unpaired) electrons. The molecule has 2 rings (SSSR count). The van der Waals surface area contributed by atoms with Crippen molar-refractivity contribution in [1.82, 2.24) is 10.6 Å². The van der Waals surface area contributed by atoms with Crippen molar-refractivity contribution >= 4 is 35.9 Å². The monoisotopic (exact) mass is 666 g/mol. The number of hydrogen-bond donors (Lipinski definition) is 2. The van der Waals surface area contributed by atoms with Gasteiger partial charge in [-0.3, -0.25) is 24.0 Å². The minimum Gasteiger partial charge on any atom is -0.469 e. The quantitative estimate of drug-likeness (QED) is 0.132. The third-order valence-corrected chi connectivity index (χ3v) is 6.97. The molecule has 0 aromatic heterocycles. The summed E-state index contributed by atoms with van der Waals surface area (Å²) in [5.74, 6) is -2.90. The molecular weight excluding hydrogens is 620 g/mol. The molecular formula is C32H46N2O13. The van der Waals surface area contributed by atoms with Gasteiger partial charge in [-0.1, -0.05) is 43.2 Å². The minimum absolute atomic E-state index is 0.0274. The van der Waals surface area contributed by atoms with Crippen LogP contribution in [0, 0.1) is 0 Å². The third-order valence-electron chi connectivity index (χ3n) is 6.97. The van der Waals surface area contributed by atoms with Crippen LogP contribution in [-0.2, 0) is 63.7 Å². The second kappa shape index (κ2) is 20.8. The number of esters is 4. The molecule has 15 heteroatoms. The van der Waals surface area contributed by atoms with Gasteiger partial charge in [0.25, 0.3) is 0 Å². The Morgan fingerprint density at radius 2 is 1.45 bits per heavy atom. The molecule has 0 unspecified atom stereocenters. The summed E-state index contributed by atoms with van der Waals surface area (Å²) in [5, 5.41) is 5.29. The lowest BCUT2D eigenvalue weighted by Crippen LogP contribution is -2.61. The predicted octanol–water partition coefficient (Wildman–Crippen LogP) is 2.47. The van der Waals surface area contributed by atoms with Crippen LogP contribution < -0.4 is 10.6 Å². The highest BCUT2D eigenvalue weighted by atomic mass is 16.7. The highest BCUT2D eigenvalue weighted by Gasteiger charge is 2.50. The molecule has 0 aliphatic carbocycles. The van der Waals surface area contributed by atoms with Crippen molar-refractivity contribution in [3.05, 3.63) is 35.9 Å². The van der Waals surface area contributed by atoms with Gasteiger partial charge in [0.15, 0.2) is 24.6 Å². The van der Waals surface area contributed by atoms with Gasteiger partial charge in [-0.25, -0.2) is 4.79 Å². The van der Waals surface area contributed by atoms with Crippen LogP contribution in [0.2, 0.25) is 0 Å². The largest absolute Gasteiger partial charge is 0.469 e. The number of ether oxygens (including phenoxy) is 7. The van der Waals surface area contributed by atoms with E-state index in [0.29, 0.717) is 19.4 Å². The first-order chi connectivity index (χ1) is 22.4. The van der Waals surface area contributed by atoms with Crippen LogP contribution in [0.15, 0.2) is 30.3 Å². The first kappa shape index (κ1) is 38.9. The van der Waals surface area contributed by atoms with Crippen LogP contribution in [0.5, 0.6) is 0 Å². The number of carbonyl (C=O) groups excluding carboxylic acids is 6. The van der Waals surface area contributed by atoms with Crippen molar-refractivity contribution in [1.29, 1.82) is 0 Å². The fourth-order valence-electron chi connectivity index (χ4n) is 4.76. The maximum atomic E-state index is 12.8. The molecule has 0 bridgehead atoms. The Hall–Kier alpha value is -4.24. The molecule has 0 spiro atoms. The number of benzene rings is 1. The summed E-state index contributed by atoms with van der Waals surface area (Å²) >= 11 is 0. The van der Waals surface area contributed by atoms with Gasteiger partial charge in [0.1, 0.15) is 12.6 Å². The molecule has 1 heterocycles. The Balaban J connectivity index is 1.80. The van der Waals surface area contributed by atoms with E-state index in [1.165, 1.54) is 27.9 Å². The normalized spacial score (nSPS) is 21.0. The second-order valence-electron chi connectivity index (χ2n) is 10.9. The first-order valence-electron chi connectivity index (χ1n) is 15.5. The van der Waals surface area contributed by atoms with E-state index in [1.54, 1.807) is 19.1 Å². The number of hydrogen-bond acceptors (Lipinski definition) is 13. The van der Waals surface area contributed by atoms with Crippen LogP contribution in [0.1, 0.15) is 71.8 Å². The van der Waals surface area contributed by atoms with E-state index in [4.69, 9.17) is 28.4 Å². The van der Waals surface area contributed by atoms with Gasteiger partial charge >= 0.3 is 30.0 Å². The lowest BCUT2D eigenvalue weighted by atomic mass is 9.99. The highest BCUT2D eigenvalue weighted by molar-refractivity contribution is 5.86. The van der Waals surface area contributed by atoms with Gasteiger partial charge in [0.2, 0.25) is 5.91 Å². The fourth-order valence-corrected chi connectivity index (χ4v) is 4.76. The molecule has 47 heavy (non-hydrogen) atoms. The second-order valence-corrected chi connectivity index (χ2v) is 10.9. The summed E-state index contributed by atoms with van der Waals surface area (Å²) < 4.78 is 37.6. The van der Waals surface area contributed by atoms with E-state index in [-0.39, 0.29) is 26.1 Å².